The number of thioether (sulfide) groups is 1. The van der Waals surface area contributed by atoms with Gasteiger partial charge in [-0.15, -0.1) is 0 Å². The van der Waals surface area contributed by atoms with Gasteiger partial charge >= 0.3 is 0 Å². The van der Waals surface area contributed by atoms with Crippen molar-refractivity contribution in [2.45, 2.75) is 19.4 Å². The minimum Gasteiger partial charge on any atom is -0.368 e. The molecule has 204 valence electrons. The smallest absolute Gasteiger partial charge is 0.259 e. The van der Waals surface area contributed by atoms with Gasteiger partial charge < -0.3 is 15.1 Å². The summed E-state index contributed by atoms with van der Waals surface area (Å²) in [6, 6.07) is 18.5. The largest absolute Gasteiger partial charge is 0.368 e. The second-order valence-electron chi connectivity index (χ2n) is 9.73. The van der Waals surface area contributed by atoms with Crippen LogP contribution in [0.1, 0.15) is 17.7 Å². The van der Waals surface area contributed by atoms with Gasteiger partial charge in [-0.25, -0.2) is 9.89 Å². The van der Waals surface area contributed by atoms with Crippen molar-refractivity contribution < 1.29 is 14.4 Å². The minimum atomic E-state index is -0.840. The third-order valence-corrected chi connectivity index (χ3v) is 7.91. The van der Waals surface area contributed by atoms with E-state index < -0.39 is 6.04 Å². The number of H-pyrrole nitrogens is 1. The Labute approximate surface area is 235 Å². The summed E-state index contributed by atoms with van der Waals surface area (Å²) in [6.45, 7) is 4.48. The van der Waals surface area contributed by atoms with Gasteiger partial charge in [0.2, 0.25) is 11.8 Å². The molecule has 40 heavy (non-hydrogen) atoms. The molecule has 1 atom stereocenters. The number of aromatic amines is 1. The lowest BCUT2D eigenvalue weighted by Crippen LogP contribution is -2.49. The quantitative estimate of drug-likeness (QED) is 0.481. The predicted molar refractivity (Wildman–Crippen MR) is 155 cm³/mol. The zero-order valence-electron chi connectivity index (χ0n) is 21.9. The number of amides is 3. The molecule has 3 aliphatic rings. The lowest BCUT2D eigenvalue weighted by Gasteiger charge is -2.36. The van der Waals surface area contributed by atoms with Gasteiger partial charge in [-0.05, 0) is 31.2 Å². The Morgan fingerprint density at radius 1 is 1.05 bits per heavy atom. The van der Waals surface area contributed by atoms with E-state index in [0.717, 1.165) is 41.8 Å². The van der Waals surface area contributed by atoms with Gasteiger partial charge in [0.05, 0.1) is 17.9 Å². The van der Waals surface area contributed by atoms with Gasteiger partial charge in [0.15, 0.2) is 11.0 Å². The second kappa shape index (κ2) is 11.0. The van der Waals surface area contributed by atoms with Crippen LogP contribution in [0.5, 0.6) is 0 Å². The van der Waals surface area contributed by atoms with Crippen molar-refractivity contribution >= 4 is 57.7 Å². The van der Waals surface area contributed by atoms with Crippen LogP contribution in [0, 0.1) is 6.92 Å². The normalized spacial score (nSPS) is 18.2. The number of anilines is 2. The summed E-state index contributed by atoms with van der Waals surface area (Å²) in [4.78, 5) is 54.2. The summed E-state index contributed by atoms with van der Waals surface area (Å²) >= 11 is 1.15. The van der Waals surface area contributed by atoms with E-state index in [-0.39, 0.29) is 29.9 Å². The molecule has 1 fully saturated rings. The number of benzene rings is 2. The first kappa shape index (κ1) is 25.8. The summed E-state index contributed by atoms with van der Waals surface area (Å²) < 4.78 is 0. The molecule has 3 amide bonds. The van der Waals surface area contributed by atoms with Crippen LogP contribution in [0.25, 0.3) is 0 Å². The lowest BCUT2D eigenvalue weighted by molar-refractivity contribution is -0.135. The van der Waals surface area contributed by atoms with Gasteiger partial charge in [-0.3, -0.25) is 24.5 Å². The van der Waals surface area contributed by atoms with Crippen molar-refractivity contribution in [3.8, 4) is 0 Å². The molecule has 2 aromatic carbocycles. The fourth-order valence-electron chi connectivity index (χ4n) is 4.97. The summed E-state index contributed by atoms with van der Waals surface area (Å²) in [5.74, 6) is 0.248. The van der Waals surface area contributed by atoms with Crippen molar-refractivity contribution in [2.75, 3.05) is 42.1 Å². The highest BCUT2D eigenvalue weighted by molar-refractivity contribution is 8.14. The Bertz CT molecular complexity index is 1510. The van der Waals surface area contributed by atoms with Crippen LogP contribution in [0.15, 0.2) is 70.6 Å². The molecular weight excluding hydrogens is 528 g/mol. The molecule has 3 aliphatic heterocycles. The van der Waals surface area contributed by atoms with E-state index in [0.29, 0.717) is 35.6 Å². The average molecular weight is 557 g/mol. The van der Waals surface area contributed by atoms with Crippen molar-refractivity contribution in [3.05, 3.63) is 71.9 Å². The topological polar surface area (TPSA) is 126 Å². The molecule has 0 spiro atoms. The number of fused-ring (bicyclic) bond motifs is 3. The van der Waals surface area contributed by atoms with E-state index in [1.54, 1.807) is 6.07 Å². The number of hydrogen-bond donors (Lipinski definition) is 2. The van der Waals surface area contributed by atoms with E-state index in [1.165, 1.54) is 4.90 Å². The number of aryl methyl sites for hydroxylation is 1. The SMILES string of the molecule is Cc1cc(NC(=O)CSC2=Nc3ccccc3C3=N[C@@H](CC(=O)N4CCN(c5ccccc5)CC4)C(=O)N23)n[nH]1. The van der Waals surface area contributed by atoms with E-state index >= 15 is 0 Å². The third-order valence-electron chi connectivity index (χ3n) is 6.98. The number of aliphatic imine (C=N–C) groups is 2. The van der Waals surface area contributed by atoms with Gasteiger partial charge in [-0.2, -0.15) is 5.10 Å². The first-order chi connectivity index (χ1) is 19.5. The molecule has 1 saturated heterocycles. The van der Waals surface area contributed by atoms with Crippen LogP contribution in [0.4, 0.5) is 17.2 Å². The zero-order valence-corrected chi connectivity index (χ0v) is 22.7. The second-order valence-corrected chi connectivity index (χ2v) is 10.7. The third kappa shape index (κ3) is 5.22. The van der Waals surface area contributed by atoms with Crippen LogP contribution < -0.4 is 10.2 Å². The summed E-state index contributed by atoms with van der Waals surface area (Å²) in [5, 5.41) is 9.90. The van der Waals surface area contributed by atoms with Crippen molar-refractivity contribution in [2.24, 2.45) is 9.98 Å². The molecule has 0 saturated carbocycles. The number of hydrogen-bond acceptors (Lipinski definition) is 8. The summed E-state index contributed by atoms with van der Waals surface area (Å²) in [5.41, 5.74) is 3.36. The number of carbonyl (C=O) groups excluding carboxylic acids is 3. The number of rotatable bonds is 6. The fraction of sp³-hybridized carbons (Fsp3) is 0.286. The standard InChI is InChI=1S/C28H28N8O3S/c1-18-15-23(33-32-18)31-24(37)17-40-28-30-21-10-6-5-9-20(21)26-29-22(27(39)36(26)28)16-25(38)35-13-11-34(12-14-35)19-7-3-2-4-8-19/h2-10,15,22H,11-14,16-17H2,1H3,(H2,31,32,33,37)/t22-/m0/s1. The lowest BCUT2D eigenvalue weighted by atomic mass is 10.1. The number of amidine groups is 2. The molecule has 3 aromatic rings. The van der Waals surface area contributed by atoms with Crippen LogP contribution in [0.2, 0.25) is 0 Å². The zero-order chi connectivity index (χ0) is 27.6. The average Bonchev–Trinajstić information content (AvgIpc) is 3.54. The molecule has 4 heterocycles. The van der Waals surface area contributed by atoms with Crippen LogP contribution in [0.3, 0.4) is 0 Å². The molecule has 0 aliphatic carbocycles. The molecule has 12 heteroatoms. The van der Waals surface area contributed by atoms with Crippen LogP contribution >= 0.6 is 11.8 Å². The number of para-hydroxylation sites is 2. The Kier molecular flexibility index (Phi) is 7.08. The van der Waals surface area contributed by atoms with Crippen molar-refractivity contribution in [3.63, 3.8) is 0 Å². The molecular formula is C28H28N8O3S. The molecule has 0 unspecified atom stereocenters. The van der Waals surface area contributed by atoms with E-state index in [2.05, 4.69) is 37.5 Å². The fourth-order valence-corrected chi connectivity index (χ4v) is 5.77. The first-order valence-electron chi connectivity index (χ1n) is 13.1. The number of nitrogens with one attached hydrogen (secondary N) is 2. The van der Waals surface area contributed by atoms with Gasteiger partial charge in [0, 0.05) is 49.2 Å². The molecule has 2 N–H and O–H groups in total. The van der Waals surface area contributed by atoms with E-state index in [1.807, 2.05) is 54.3 Å². The maximum Gasteiger partial charge on any atom is 0.259 e. The number of piperazine rings is 1. The molecule has 0 bridgehead atoms. The van der Waals surface area contributed by atoms with Crippen LogP contribution in [-0.2, 0) is 14.4 Å². The van der Waals surface area contributed by atoms with E-state index in [9.17, 15) is 14.4 Å². The Morgan fingerprint density at radius 2 is 1.80 bits per heavy atom. The van der Waals surface area contributed by atoms with Crippen molar-refractivity contribution in [1.29, 1.82) is 0 Å². The molecule has 1 aromatic heterocycles. The monoisotopic (exact) mass is 556 g/mol. The Morgan fingerprint density at radius 3 is 2.55 bits per heavy atom. The Hall–Kier alpha value is -4.45. The summed E-state index contributed by atoms with van der Waals surface area (Å²) in [6.07, 6.45) is -0.0106. The Balaban J connectivity index is 1.13. The highest BCUT2D eigenvalue weighted by Gasteiger charge is 2.42. The highest BCUT2D eigenvalue weighted by Crippen LogP contribution is 2.34. The minimum absolute atomic E-state index is 0.0106. The molecule has 11 nitrogen and oxygen atoms in total. The first-order valence-corrected chi connectivity index (χ1v) is 14.1. The van der Waals surface area contributed by atoms with Crippen LogP contribution in [-0.4, -0.2) is 86.7 Å². The molecule has 0 radical (unpaired) electrons. The van der Waals surface area contributed by atoms with Gasteiger partial charge in [0.1, 0.15) is 11.9 Å². The van der Waals surface area contributed by atoms with E-state index in [4.69, 9.17) is 4.99 Å². The maximum atomic E-state index is 13.6. The summed E-state index contributed by atoms with van der Waals surface area (Å²) in [7, 11) is 0. The number of nitrogens with zero attached hydrogens (tertiary/aromatic N) is 6. The maximum absolute atomic E-state index is 13.6. The van der Waals surface area contributed by atoms with Gasteiger partial charge in [0.25, 0.3) is 5.91 Å². The number of carbonyl (C=O) groups is 3. The number of aromatic nitrogens is 2. The highest BCUT2D eigenvalue weighted by atomic mass is 32.2. The predicted octanol–water partition coefficient (Wildman–Crippen LogP) is 2.79. The molecule has 6 rings (SSSR count). The van der Waals surface area contributed by atoms with Crippen molar-refractivity contribution in [1.82, 2.24) is 20.0 Å². The van der Waals surface area contributed by atoms with Gasteiger partial charge in [-0.1, -0.05) is 42.1 Å².